The zero-order valence-corrected chi connectivity index (χ0v) is 23.7. The summed E-state index contributed by atoms with van der Waals surface area (Å²) < 4.78 is 0. The molecule has 0 aliphatic carbocycles. The van der Waals surface area contributed by atoms with E-state index in [0.717, 1.165) is 48.6 Å². The number of benzene rings is 2. The second-order valence-corrected chi connectivity index (χ2v) is 11.2. The first-order valence-corrected chi connectivity index (χ1v) is 13.7. The molecule has 1 aromatic heterocycles. The number of rotatable bonds is 8. The quantitative estimate of drug-likeness (QED) is 0.368. The fraction of sp³-hybridized carbons (Fsp3) is 0.387. The van der Waals surface area contributed by atoms with E-state index in [-0.39, 0.29) is 23.6 Å². The zero-order chi connectivity index (χ0) is 28.7. The van der Waals surface area contributed by atoms with Crippen molar-refractivity contribution in [2.24, 2.45) is 11.3 Å². The minimum atomic E-state index is -0.499. The van der Waals surface area contributed by atoms with Gasteiger partial charge in [0.25, 0.3) is 5.91 Å². The van der Waals surface area contributed by atoms with E-state index < -0.39 is 5.41 Å². The van der Waals surface area contributed by atoms with Crippen molar-refractivity contribution in [3.05, 3.63) is 71.8 Å². The Labute approximate surface area is 235 Å². The number of aromatic nitrogens is 2. The van der Waals surface area contributed by atoms with Gasteiger partial charge >= 0.3 is 0 Å². The third kappa shape index (κ3) is 7.43. The second-order valence-electron chi connectivity index (χ2n) is 11.2. The van der Waals surface area contributed by atoms with Crippen LogP contribution in [0.15, 0.2) is 60.7 Å². The van der Waals surface area contributed by atoms with Crippen molar-refractivity contribution >= 4 is 29.2 Å². The summed E-state index contributed by atoms with van der Waals surface area (Å²) in [7, 11) is 0. The standard InChI is InChI=1S/C31H38N6O3/c1-21-7-5-6-8-25(21)26-13-14-27(36-35-26)37-19-15-23(16-20-37)29(39)33-18-17-32-28(38)22-9-11-24(12-10-22)34-30(40)31(2,3)4/h5-14,23H,15-20H2,1-4H3,(H,32,38)(H,33,39)(H,34,40). The predicted molar refractivity (Wildman–Crippen MR) is 157 cm³/mol. The third-order valence-corrected chi connectivity index (χ3v) is 7.06. The van der Waals surface area contributed by atoms with Gasteiger partial charge in [-0.1, -0.05) is 45.0 Å². The smallest absolute Gasteiger partial charge is 0.251 e. The van der Waals surface area contributed by atoms with Gasteiger partial charge in [0.15, 0.2) is 5.82 Å². The Kier molecular flexibility index (Phi) is 9.14. The summed E-state index contributed by atoms with van der Waals surface area (Å²) in [5.41, 5.74) is 3.72. The van der Waals surface area contributed by atoms with Gasteiger partial charge < -0.3 is 20.9 Å². The molecule has 2 heterocycles. The molecule has 0 spiro atoms. The Morgan fingerprint density at radius 1 is 0.875 bits per heavy atom. The van der Waals surface area contributed by atoms with Crippen molar-refractivity contribution in [1.82, 2.24) is 20.8 Å². The number of nitrogens with one attached hydrogen (secondary N) is 3. The molecule has 1 aliphatic rings. The Morgan fingerprint density at radius 2 is 1.55 bits per heavy atom. The lowest BCUT2D eigenvalue weighted by Crippen LogP contribution is -2.42. The highest BCUT2D eigenvalue weighted by Crippen LogP contribution is 2.25. The fourth-order valence-electron chi connectivity index (χ4n) is 4.50. The SMILES string of the molecule is Cc1ccccc1-c1ccc(N2CCC(C(=O)NCCNC(=O)c3ccc(NC(=O)C(C)(C)C)cc3)CC2)nn1. The van der Waals surface area contributed by atoms with Crippen molar-refractivity contribution in [3.8, 4) is 11.3 Å². The van der Waals surface area contributed by atoms with Crippen molar-refractivity contribution in [3.63, 3.8) is 0 Å². The van der Waals surface area contributed by atoms with Gasteiger partial charge in [0, 0.05) is 54.3 Å². The van der Waals surface area contributed by atoms with E-state index in [4.69, 9.17) is 0 Å². The fourth-order valence-corrected chi connectivity index (χ4v) is 4.50. The lowest BCUT2D eigenvalue weighted by atomic mass is 9.95. The van der Waals surface area contributed by atoms with Crippen molar-refractivity contribution in [2.45, 2.75) is 40.5 Å². The lowest BCUT2D eigenvalue weighted by molar-refractivity contribution is -0.125. The summed E-state index contributed by atoms with van der Waals surface area (Å²) in [4.78, 5) is 39.4. The van der Waals surface area contributed by atoms with Crippen LogP contribution in [-0.4, -0.2) is 54.1 Å². The molecule has 0 saturated carbocycles. The minimum absolute atomic E-state index is 0.00817. The summed E-state index contributed by atoms with van der Waals surface area (Å²) in [5.74, 6) is 0.442. The molecule has 4 rings (SSSR count). The van der Waals surface area contributed by atoms with Crippen LogP contribution in [0, 0.1) is 18.3 Å². The van der Waals surface area contributed by atoms with Crippen LogP contribution in [0.4, 0.5) is 11.5 Å². The molecule has 40 heavy (non-hydrogen) atoms. The maximum absolute atomic E-state index is 12.7. The summed E-state index contributed by atoms with van der Waals surface area (Å²) in [5, 5.41) is 17.5. The normalized spacial score (nSPS) is 13.9. The Balaban J connectivity index is 1.16. The number of carbonyl (C=O) groups excluding carboxylic acids is 3. The summed E-state index contributed by atoms with van der Waals surface area (Å²) in [6.07, 6.45) is 1.47. The maximum Gasteiger partial charge on any atom is 0.251 e. The molecule has 9 heteroatoms. The van der Waals surface area contributed by atoms with Crippen molar-refractivity contribution in [2.75, 3.05) is 36.4 Å². The van der Waals surface area contributed by atoms with Crippen LogP contribution in [0.5, 0.6) is 0 Å². The number of amides is 3. The monoisotopic (exact) mass is 542 g/mol. The molecule has 0 bridgehead atoms. The highest BCUT2D eigenvalue weighted by atomic mass is 16.2. The van der Waals surface area contributed by atoms with Gasteiger partial charge in [0.05, 0.1) is 5.69 Å². The van der Waals surface area contributed by atoms with Gasteiger partial charge in [-0.25, -0.2) is 0 Å². The molecule has 1 fully saturated rings. The summed E-state index contributed by atoms with van der Waals surface area (Å²) >= 11 is 0. The molecule has 0 atom stereocenters. The topological polar surface area (TPSA) is 116 Å². The van der Waals surface area contributed by atoms with Gasteiger partial charge in [-0.2, -0.15) is 0 Å². The highest BCUT2D eigenvalue weighted by Gasteiger charge is 2.26. The van der Waals surface area contributed by atoms with Gasteiger partial charge in [-0.3, -0.25) is 14.4 Å². The minimum Gasteiger partial charge on any atom is -0.355 e. The molecule has 3 aromatic rings. The molecular formula is C31H38N6O3. The molecule has 0 radical (unpaired) electrons. The van der Waals surface area contributed by atoms with E-state index in [1.807, 2.05) is 51.1 Å². The Bertz CT molecular complexity index is 1320. The van der Waals surface area contributed by atoms with Crippen LogP contribution in [0.3, 0.4) is 0 Å². The van der Waals surface area contributed by atoms with Gasteiger partial charge in [0.2, 0.25) is 11.8 Å². The summed E-state index contributed by atoms with van der Waals surface area (Å²) in [6.45, 7) is 9.74. The van der Waals surface area contributed by atoms with Crippen LogP contribution in [-0.2, 0) is 9.59 Å². The molecule has 9 nitrogen and oxygen atoms in total. The number of piperidine rings is 1. The van der Waals surface area contributed by atoms with Gasteiger partial charge in [-0.05, 0) is 61.7 Å². The van der Waals surface area contributed by atoms with Crippen LogP contribution in [0.25, 0.3) is 11.3 Å². The number of carbonyl (C=O) groups is 3. The molecule has 3 N–H and O–H groups in total. The number of anilines is 2. The number of nitrogens with zero attached hydrogens (tertiary/aromatic N) is 3. The van der Waals surface area contributed by atoms with Crippen LogP contribution in [0.2, 0.25) is 0 Å². The second kappa shape index (κ2) is 12.7. The first-order valence-electron chi connectivity index (χ1n) is 13.7. The van der Waals surface area contributed by atoms with Crippen LogP contribution < -0.4 is 20.9 Å². The molecule has 0 unspecified atom stereocenters. The number of hydrogen-bond acceptors (Lipinski definition) is 6. The van der Waals surface area contributed by atoms with Gasteiger partial charge in [-0.15, -0.1) is 10.2 Å². The molecule has 3 amide bonds. The first kappa shape index (κ1) is 28.7. The van der Waals surface area contributed by atoms with Crippen molar-refractivity contribution in [1.29, 1.82) is 0 Å². The van der Waals surface area contributed by atoms with Crippen LogP contribution >= 0.6 is 0 Å². The van der Waals surface area contributed by atoms with E-state index in [0.29, 0.717) is 24.3 Å². The molecule has 1 saturated heterocycles. The van der Waals surface area contributed by atoms with E-state index in [1.165, 1.54) is 0 Å². The Hall–Kier alpha value is -4.27. The van der Waals surface area contributed by atoms with E-state index in [1.54, 1.807) is 24.3 Å². The number of aryl methyl sites for hydroxylation is 1. The van der Waals surface area contributed by atoms with E-state index >= 15 is 0 Å². The van der Waals surface area contributed by atoms with E-state index in [2.05, 4.69) is 44.0 Å². The highest BCUT2D eigenvalue weighted by molar-refractivity contribution is 5.97. The average Bonchev–Trinajstić information content (AvgIpc) is 2.95. The Morgan fingerprint density at radius 3 is 2.17 bits per heavy atom. The molecule has 210 valence electrons. The number of hydrogen-bond donors (Lipinski definition) is 3. The zero-order valence-electron chi connectivity index (χ0n) is 23.7. The maximum atomic E-state index is 12.7. The van der Waals surface area contributed by atoms with Crippen molar-refractivity contribution < 1.29 is 14.4 Å². The van der Waals surface area contributed by atoms with Gasteiger partial charge in [0.1, 0.15) is 0 Å². The lowest BCUT2D eigenvalue weighted by Gasteiger charge is -2.31. The third-order valence-electron chi connectivity index (χ3n) is 7.06. The molecular weight excluding hydrogens is 504 g/mol. The first-order chi connectivity index (χ1) is 19.1. The molecule has 2 aromatic carbocycles. The van der Waals surface area contributed by atoms with Crippen LogP contribution in [0.1, 0.15) is 49.5 Å². The largest absolute Gasteiger partial charge is 0.355 e. The predicted octanol–water partition coefficient (Wildman–Crippen LogP) is 4.20. The average molecular weight is 543 g/mol. The van der Waals surface area contributed by atoms with E-state index in [9.17, 15) is 14.4 Å². The summed E-state index contributed by atoms with van der Waals surface area (Å²) in [6, 6.07) is 18.8. The molecule has 1 aliphatic heterocycles.